The zero-order valence-corrected chi connectivity index (χ0v) is 8.49. The van der Waals surface area contributed by atoms with E-state index in [1.165, 1.54) is 12.8 Å². The molecule has 0 aliphatic heterocycles. The van der Waals surface area contributed by atoms with Crippen LogP contribution in [0.1, 0.15) is 30.1 Å². The second-order valence-electron chi connectivity index (χ2n) is 3.81. The first-order valence-electron chi connectivity index (χ1n) is 4.86. The molecule has 1 fully saturated rings. The molecule has 0 aromatic carbocycles. The maximum absolute atomic E-state index is 9.04. The molecule has 1 aromatic heterocycles. The lowest BCUT2D eigenvalue weighted by molar-refractivity contribution is 0.621. The molecule has 1 aliphatic carbocycles. The highest BCUT2D eigenvalue weighted by molar-refractivity contribution is 5.26. The van der Waals surface area contributed by atoms with Crippen molar-refractivity contribution < 1.29 is 0 Å². The quantitative estimate of drug-likeness (QED) is 0.775. The predicted octanol–water partition coefficient (Wildman–Crippen LogP) is 1.05. The summed E-state index contributed by atoms with van der Waals surface area (Å²) < 4.78 is 1.80. The number of aryl methyl sites for hydroxylation is 1. The SMILES string of the molecule is Cc1c(C(C#N)NC2CC2)cnn1C. The number of nitrogens with zero attached hydrogens (tertiary/aromatic N) is 3. The normalized spacial score (nSPS) is 17.8. The van der Waals surface area contributed by atoms with Gasteiger partial charge in [0.2, 0.25) is 0 Å². The lowest BCUT2D eigenvalue weighted by atomic mass is 10.1. The van der Waals surface area contributed by atoms with Gasteiger partial charge in [0.25, 0.3) is 0 Å². The van der Waals surface area contributed by atoms with Crippen molar-refractivity contribution in [1.82, 2.24) is 15.1 Å². The average Bonchev–Trinajstić information content (AvgIpc) is 2.94. The Bertz CT molecular complexity index is 370. The summed E-state index contributed by atoms with van der Waals surface area (Å²) in [5.74, 6) is 0. The molecule has 1 N–H and O–H groups in total. The average molecular weight is 190 g/mol. The highest BCUT2D eigenvalue weighted by Gasteiger charge is 2.26. The standard InChI is InChI=1S/C10H14N4/c1-7-9(6-12-14(7)2)10(5-11)13-8-3-4-8/h6,8,10,13H,3-4H2,1-2H3. The highest BCUT2D eigenvalue weighted by atomic mass is 15.3. The van der Waals surface area contributed by atoms with Gasteiger partial charge in [0, 0.05) is 24.3 Å². The van der Waals surface area contributed by atoms with Crippen LogP contribution in [-0.4, -0.2) is 15.8 Å². The van der Waals surface area contributed by atoms with Crippen LogP contribution in [0, 0.1) is 18.3 Å². The van der Waals surface area contributed by atoms with E-state index in [9.17, 15) is 0 Å². The third kappa shape index (κ3) is 1.64. The maximum Gasteiger partial charge on any atom is 0.124 e. The van der Waals surface area contributed by atoms with Gasteiger partial charge in [-0.1, -0.05) is 0 Å². The van der Waals surface area contributed by atoms with Gasteiger partial charge in [0.15, 0.2) is 0 Å². The molecule has 74 valence electrons. The summed E-state index contributed by atoms with van der Waals surface area (Å²) in [4.78, 5) is 0. The van der Waals surface area contributed by atoms with Gasteiger partial charge in [-0.3, -0.25) is 10.00 Å². The molecule has 2 rings (SSSR count). The first-order valence-corrected chi connectivity index (χ1v) is 4.86. The van der Waals surface area contributed by atoms with Gasteiger partial charge in [0.05, 0.1) is 12.3 Å². The van der Waals surface area contributed by atoms with Crippen molar-refractivity contribution in [2.24, 2.45) is 7.05 Å². The Kier molecular flexibility index (Phi) is 2.26. The fourth-order valence-electron chi connectivity index (χ4n) is 1.48. The Morgan fingerprint density at radius 1 is 1.71 bits per heavy atom. The molecule has 14 heavy (non-hydrogen) atoms. The Morgan fingerprint density at radius 2 is 2.43 bits per heavy atom. The molecular formula is C10H14N4. The van der Waals surface area contributed by atoms with Gasteiger partial charge in [-0.2, -0.15) is 10.4 Å². The van der Waals surface area contributed by atoms with Crippen LogP contribution >= 0.6 is 0 Å². The third-order valence-electron chi connectivity index (χ3n) is 2.69. The number of nitrogens with one attached hydrogen (secondary N) is 1. The van der Waals surface area contributed by atoms with Crippen molar-refractivity contribution in [3.05, 3.63) is 17.5 Å². The molecule has 1 aromatic rings. The van der Waals surface area contributed by atoms with Crippen LogP contribution in [0.5, 0.6) is 0 Å². The largest absolute Gasteiger partial charge is 0.295 e. The van der Waals surface area contributed by atoms with Crippen molar-refractivity contribution in [3.8, 4) is 6.07 Å². The van der Waals surface area contributed by atoms with Gasteiger partial charge in [-0.15, -0.1) is 0 Å². The van der Waals surface area contributed by atoms with E-state index in [1.54, 1.807) is 10.9 Å². The fraction of sp³-hybridized carbons (Fsp3) is 0.600. The zero-order valence-electron chi connectivity index (χ0n) is 8.49. The number of hydrogen-bond acceptors (Lipinski definition) is 3. The Morgan fingerprint density at radius 3 is 2.86 bits per heavy atom. The third-order valence-corrected chi connectivity index (χ3v) is 2.69. The summed E-state index contributed by atoms with van der Waals surface area (Å²) in [6.07, 6.45) is 4.16. The summed E-state index contributed by atoms with van der Waals surface area (Å²) in [7, 11) is 1.89. The molecule has 0 bridgehead atoms. The van der Waals surface area contributed by atoms with E-state index in [4.69, 9.17) is 5.26 Å². The molecule has 1 saturated carbocycles. The molecule has 4 heteroatoms. The molecular weight excluding hydrogens is 176 g/mol. The Labute approximate surface area is 83.5 Å². The van der Waals surface area contributed by atoms with Gasteiger partial charge in [-0.25, -0.2) is 0 Å². The molecule has 0 saturated heterocycles. The summed E-state index contributed by atoms with van der Waals surface area (Å²) >= 11 is 0. The molecule has 1 aliphatic rings. The van der Waals surface area contributed by atoms with Crippen molar-refractivity contribution in [1.29, 1.82) is 5.26 Å². The van der Waals surface area contributed by atoms with E-state index < -0.39 is 0 Å². The van der Waals surface area contributed by atoms with Gasteiger partial charge < -0.3 is 0 Å². The summed E-state index contributed by atoms with van der Waals surface area (Å²) in [5, 5.41) is 16.5. The van der Waals surface area contributed by atoms with Crippen LogP contribution in [0.2, 0.25) is 0 Å². The van der Waals surface area contributed by atoms with Crippen LogP contribution in [0.3, 0.4) is 0 Å². The number of aromatic nitrogens is 2. The van der Waals surface area contributed by atoms with Crippen LogP contribution in [0.25, 0.3) is 0 Å². The zero-order chi connectivity index (χ0) is 10.1. The van der Waals surface area contributed by atoms with Crippen molar-refractivity contribution in [2.45, 2.75) is 31.8 Å². The lowest BCUT2D eigenvalue weighted by Crippen LogP contribution is -2.22. The predicted molar refractivity (Wildman–Crippen MR) is 52.5 cm³/mol. The minimum absolute atomic E-state index is 0.198. The molecule has 1 unspecified atom stereocenters. The van der Waals surface area contributed by atoms with Crippen molar-refractivity contribution in [3.63, 3.8) is 0 Å². The van der Waals surface area contributed by atoms with Crippen LogP contribution < -0.4 is 5.32 Å². The van der Waals surface area contributed by atoms with E-state index in [2.05, 4.69) is 16.5 Å². The summed E-state index contributed by atoms with van der Waals surface area (Å²) in [6, 6.07) is 2.62. The minimum atomic E-state index is -0.198. The van der Waals surface area contributed by atoms with E-state index in [-0.39, 0.29) is 6.04 Å². The number of nitriles is 1. The van der Waals surface area contributed by atoms with E-state index in [0.717, 1.165) is 11.3 Å². The molecule has 1 atom stereocenters. The van der Waals surface area contributed by atoms with Crippen LogP contribution in [0.4, 0.5) is 0 Å². The second-order valence-corrected chi connectivity index (χ2v) is 3.81. The second kappa shape index (κ2) is 3.43. The molecule has 4 nitrogen and oxygen atoms in total. The van der Waals surface area contributed by atoms with Gasteiger partial charge in [0.1, 0.15) is 6.04 Å². The maximum atomic E-state index is 9.04. The van der Waals surface area contributed by atoms with Crippen LogP contribution in [0.15, 0.2) is 6.20 Å². The monoisotopic (exact) mass is 190 g/mol. The lowest BCUT2D eigenvalue weighted by Gasteiger charge is -2.09. The molecule has 0 spiro atoms. The molecule has 1 heterocycles. The van der Waals surface area contributed by atoms with Gasteiger partial charge in [-0.05, 0) is 19.8 Å². The van der Waals surface area contributed by atoms with Crippen molar-refractivity contribution >= 4 is 0 Å². The highest BCUT2D eigenvalue weighted by Crippen LogP contribution is 2.24. The molecule has 0 radical (unpaired) electrons. The smallest absolute Gasteiger partial charge is 0.124 e. The fourth-order valence-corrected chi connectivity index (χ4v) is 1.48. The van der Waals surface area contributed by atoms with Crippen molar-refractivity contribution in [2.75, 3.05) is 0 Å². The topological polar surface area (TPSA) is 53.6 Å². The first kappa shape index (κ1) is 9.22. The number of hydrogen-bond donors (Lipinski definition) is 1. The molecule has 0 amide bonds. The Balaban J connectivity index is 2.18. The Hall–Kier alpha value is -1.34. The minimum Gasteiger partial charge on any atom is -0.295 e. The van der Waals surface area contributed by atoms with E-state index in [0.29, 0.717) is 6.04 Å². The summed E-state index contributed by atoms with van der Waals surface area (Å²) in [5.41, 5.74) is 2.06. The summed E-state index contributed by atoms with van der Waals surface area (Å²) in [6.45, 7) is 1.99. The number of rotatable bonds is 3. The first-order chi connectivity index (χ1) is 6.72. The van der Waals surface area contributed by atoms with Crippen LogP contribution in [-0.2, 0) is 7.05 Å². The van der Waals surface area contributed by atoms with E-state index in [1.807, 2.05) is 14.0 Å². The van der Waals surface area contributed by atoms with E-state index >= 15 is 0 Å². The van der Waals surface area contributed by atoms with Gasteiger partial charge >= 0.3 is 0 Å².